The molecule has 1 aliphatic heterocycles. The molecule has 3 N–H and O–H groups in total. The van der Waals surface area contributed by atoms with Crippen LogP contribution < -0.4 is 10.6 Å². The fourth-order valence-electron chi connectivity index (χ4n) is 1.83. The van der Waals surface area contributed by atoms with E-state index in [2.05, 4.69) is 14.9 Å². The van der Waals surface area contributed by atoms with Gasteiger partial charge in [0.05, 0.1) is 6.10 Å². The lowest BCUT2D eigenvalue weighted by atomic mass is 10.1. The maximum Gasteiger partial charge on any atom is 0.134 e. The highest BCUT2D eigenvalue weighted by Crippen LogP contribution is 2.19. The van der Waals surface area contributed by atoms with Gasteiger partial charge in [0, 0.05) is 19.2 Å². The van der Waals surface area contributed by atoms with Gasteiger partial charge in [-0.05, 0) is 19.8 Å². The monoisotopic (exact) mass is 208 g/mol. The first-order valence-electron chi connectivity index (χ1n) is 5.19. The van der Waals surface area contributed by atoms with Crippen molar-refractivity contribution in [3.8, 4) is 0 Å². The second kappa shape index (κ2) is 4.02. The number of aryl methyl sites for hydroxylation is 1. The molecule has 0 unspecified atom stereocenters. The largest absolute Gasteiger partial charge is 0.393 e. The molecule has 0 radical (unpaired) electrons. The van der Waals surface area contributed by atoms with Gasteiger partial charge in [0.1, 0.15) is 17.5 Å². The SMILES string of the molecule is Cc1nc(N)cc(N2CCC(O)CC2)n1. The van der Waals surface area contributed by atoms with Gasteiger partial charge in [-0.1, -0.05) is 0 Å². The molecule has 2 heterocycles. The summed E-state index contributed by atoms with van der Waals surface area (Å²) in [6, 6.07) is 1.78. The van der Waals surface area contributed by atoms with Crippen LogP contribution in [0.1, 0.15) is 18.7 Å². The molecule has 0 aromatic carbocycles. The Labute approximate surface area is 88.9 Å². The van der Waals surface area contributed by atoms with Crippen LogP contribution in [0.5, 0.6) is 0 Å². The molecule has 1 aliphatic rings. The molecule has 5 heteroatoms. The van der Waals surface area contributed by atoms with Crippen molar-refractivity contribution in [1.82, 2.24) is 9.97 Å². The summed E-state index contributed by atoms with van der Waals surface area (Å²) >= 11 is 0. The molecule has 5 nitrogen and oxygen atoms in total. The average molecular weight is 208 g/mol. The average Bonchev–Trinajstić information content (AvgIpc) is 2.17. The highest BCUT2D eigenvalue weighted by atomic mass is 16.3. The Morgan fingerprint density at radius 2 is 2.07 bits per heavy atom. The zero-order chi connectivity index (χ0) is 10.8. The number of hydrogen-bond acceptors (Lipinski definition) is 5. The maximum absolute atomic E-state index is 9.40. The summed E-state index contributed by atoms with van der Waals surface area (Å²) in [5.41, 5.74) is 5.67. The summed E-state index contributed by atoms with van der Waals surface area (Å²) in [6.45, 7) is 3.49. The summed E-state index contributed by atoms with van der Waals surface area (Å²) in [4.78, 5) is 10.5. The van der Waals surface area contributed by atoms with Crippen LogP contribution in [0.3, 0.4) is 0 Å². The van der Waals surface area contributed by atoms with E-state index in [-0.39, 0.29) is 6.10 Å². The summed E-state index contributed by atoms with van der Waals surface area (Å²) in [5, 5.41) is 9.40. The number of anilines is 2. The van der Waals surface area contributed by atoms with E-state index < -0.39 is 0 Å². The Hall–Kier alpha value is -1.36. The topological polar surface area (TPSA) is 75.3 Å². The molecule has 1 aromatic rings. The Balaban J connectivity index is 2.15. The van der Waals surface area contributed by atoms with Crippen molar-refractivity contribution in [2.45, 2.75) is 25.9 Å². The predicted octanol–water partition coefficient (Wildman–Crippen LogP) is 0.328. The molecule has 1 aromatic heterocycles. The third kappa shape index (κ3) is 2.36. The normalized spacial score (nSPS) is 18.1. The Kier molecular flexibility index (Phi) is 2.73. The number of aliphatic hydroxyl groups excluding tert-OH is 1. The minimum absolute atomic E-state index is 0.165. The molecule has 0 aliphatic carbocycles. The van der Waals surface area contributed by atoms with E-state index in [1.807, 2.05) is 6.92 Å². The summed E-state index contributed by atoms with van der Waals surface area (Å²) in [7, 11) is 0. The summed E-state index contributed by atoms with van der Waals surface area (Å²) < 4.78 is 0. The summed E-state index contributed by atoms with van der Waals surface area (Å²) in [5.74, 6) is 2.06. The number of nitrogens with zero attached hydrogens (tertiary/aromatic N) is 3. The Morgan fingerprint density at radius 3 is 2.67 bits per heavy atom. The van der Waals surface area contributed by atoms with Crippen LogP contribution in [0, 0.1) is 6.92 Å². The molecule has 15 heavy (non-hydrogen) atoms. The smallest absolute Gasteiger partial charge is 0.134 e. The molecule has 1 saturated heterocycles. The number of aromatic nitrogens is 2. The lowest BCUT2D eigenvalue weighted by Crippen LogP contribution is -2.36. The fraction of sp³-hybridized carbons (Fsp3) is 0.600. The Bertz CT molecular complexity index is 327. The fourth-order valence-corrected chi connectivity index (χ4v) is 1.83. The minimum Gasteiger partial charge on any atom is -0.393 e. The van der Waals surface area contributed by atoms with Crippen LogP contribution in [0.25, 0.3) is 0 Å². The van der Waals surface area contributed by atoms with Gasteiger partial charge in [0.25, 0.3) is 0 Å². The maximum atomic E-state index is 9.40. The number of hydrogen-bond donors (Lipinski definition) is 2. The van der Waals surface area contributed by atoms with Gasteiger partial charge in [-0.15, -0.1) is 0 Å². The Morgan fingerprint density at radius 1 is 1.40 bits per heavy atom. The number of aliphatic hydroxyl groups is 1. The molecule has 2 rings (SSSR count). The molecule has 0 amide bonds. The predicted molar refractivity (Wildman–Crippen MR) is 58.6 cm³/mol. The van der Waals surface area contributed by atoms with Gasteiger partial charge in [0.2, 0.25) is 0 Å². The van der Waals surface area contributed by atoms with E-state index in [1.165, 1.54) is 0 Å². The second-order valence-corrected chi connectivity index (χ2v) is 3.92. The number of rotatable bonds is 1. The molecule has 82 valence electrons. The van der Waals surface area contributed by atoms with E-state index in [1.54, 1.807) is 6.07 Å². The lowest BCUT2D eigenvalue weighted by Gasteiger charge is -2.30. The quantitative estimate of drug-likeness (QED) is 0.695. The van der Waals surface area contributed by atoms with Crippen molar-refractivity contribution in [3.63, 3.8) is 0 Å². The molecular formula is C10H16N4O. The van der Waals surface area contributed by atoms with Crippen molar-refractivity contribution in [2.75, 3.05) is 23.7 Å². The van der Waals surface area contributed by atoms with Crippen LogP contribution >= 0.6 is 0 Å². The van der Waals surface area contributed by atoms with Crippen LogP contribution in [0.2, 0.25) is 0 Å². The van der Waals surface area contributed by atoms with Crippen LogP contribution in [-0.2, 0) is 0 Å². The van der Waals surface area contributed by atoms with E-state index >= 15 is 0 Å². The zero-order valence-electron chi connectivity index (χ0n) is 8.85. The van der Waals surface area contributed by atoms with Crippen molar-refractivity contribution in [1.29, 1.82) is 0 Å². The van der Waals surface area contributed by atoms with E-state index in [0.29, 0.717) is 11.6 Å². The molecule has 0 saturated carbocycles. The van der Waals surface area contributed by atoms with Gasteiger partial charge in [-0.3, -0.25) is 0 Å². The molecule has 0 spiro atoms. The zero-order valence-corrected chi connectivity index (χ0v) is 8.85. The molecule has 0 atom stereocenters. The van der Waals surface area contributed by atoms with Crippen molar-refractivity contribution >= 4 is 11.6 Å². The number of piperidine rings is 1. The van der Waals surface area contributed by atoms with Gasteiger partial charge in [-0.2, -0.15) is 0 Å². The highest BCUT2D eigenvalue weighted by molar-refractivity contribution is 5.47. The third-order valence-corrected chi connectivity index (χ3v) is 2.63. The van der Waals surface area contributed by atoms with Gasteiger partial charge in [-0.25, -0.2) is 9.97 Å². The molecule has 0 bridgehead atoms. The number of nitrogen functional groups attached to an aromatic ring is 1. The van der Waals surface area contributed by atoms with Gasteiger partial charge in [0.15, 0.2) is 0 Å². The van der Waals surface area contributed by atoms with E-state index in [0.717, 1.165) is 31.7 Å². The van der Waals surface area contributed by atoms with E-state index in [4.69, 9.17) is 5.73 Å². The van der Waals surface area contributed by atoms with E-state index in [9.17, 15) is 5.11 Å². The lowest BCUT2D eigenvalue weighted by molar-refractivity contribution is 0.145. The summed E-state index contributed by atoms with van der Waals surface area (Å²) in [6.07, 6.45) is 1.42. The van der Waals surface area contributed by atoms with Crippen molar-refractivity contribution < 1.29 is 5.11 Å². The number of nitrogens with two attached hydrogens (primary N) is 1. The first kappa shape index (κ1) is 10.2. The van der Waals surface area contributed by atoms with Crippen molar-refractivity contribution in [3.05, 3.63) is 11.9 Å². The second-order valence-electron chi connectivity index (χ2n) is 3.92. The van der Waals surface area contributed by atoms with Crippen molar-refractivity contribution in [2.24, 2.45) is 0 Å². The first-order chi connectivity index (χ1) is 7.15. The van der Waals surface area contributed by atoms with Crippen LogP contribution in [0.4, 0.5) is 11.6 Å². The van der Waals surface area contributed by atoms with Crippen LogP contribution in [0.15, 0.2) is 6.07 Å². The van der Waals surface area contributed by atoms with Gasteiger partial charge < -0.3 is 15.7 Å². The highest BCUT2D eigenvalue weighted by Gasteiger charge is 2.18. The van der Waals surface area contributed by atoms with Gasteiger partial charge >= 0.3 is 0 Å². The standard InChI is InChI=1S/C10H16N4O/c1-7-12-9(11)6-10(13-7)14-4-2-8(15)3-5-14/h6,8,15H,2-5H2,1H3,(H2,11,12,13). The third-order valence-electron chi connectivity index (χ3n) is 2.63. The van der Waals surface area contributed by atoms with Crippen LogP contribution in [-0.4, -0.2) is 34.3 Å². The first-order valence-corrected chi connectivity index (χ1v) is 5.19. The minimum atomic E-state index is -0.165. The molecule has 1 fully saturated rings. The molecular weight excluding hydrogens is 192 g/mol.